The minimum absolute atomic E-state index is 0.247. The van der Waals surface area contributed by atoms with Gasteiger partial charge in [-0.1, -0.05) is 17.9 Å². The van der Waals surface area contributed by atoms with Crippen LogP contribution in [0.15, 0.2) is 24.3 Å². The lowest BCUT2D eigenvalue weighted by Crippen LogP contribution is -2.42. The fourth-order valence-electron chi connectivity index (χ4n) is 2.08. The third kappa shape index (κ3) is 5.38. The zero-order chi connectivity index (χ0) is 15.1. The molecule has 0 spiro atoms. The van der Waals surface area contributed by atoms with Crippen molar-refractivity contribution >= 4 is 9.84 Å². The van der Waals surface area contributed by atoms with Crippen LogP contribution >= 0.6 is 0 Å². The number of nitrogens with two attached hydrogens (primary N) is 1. The van der Waals surface area contributed by atoms with E-state index in [1.165, 1.54) is 0 Å². The molecule has 6 heteroatoms. The summed E-state index contributed by atoms with van der Waals surface area (Å²) < 4.78 is 28.4. The second-order valence-corrected chi connectivity index (χ2v) is 7.18. The first-order valence-corrected chi connectivity index (χ1v) is 8.76. The smallest absolute Gasteiger partial charge is 0.152 e. The predicted molar refractivity (Wildman–Crippen MR) is 83.0 cm³/mol. The first-order valence-electron chi connectivity index (χ1n) is 6.94. The molecule has 114 valence electrons. The van der Waals surface area contributed by atoms with Gasteiger partial charge in [0, 0.05) is 25.2 Å². The third-order valence-electron chi connectivity index (χ3n) is 3.28. The molecule has 1 heterocycles. The van der Waals surface area contributed by atoms with Gasteiger partial charge in [0.1, 0.15) is 12.4 Å². The lowest BCUT2D eigenvalue weighted by Gasteiger charge is -2.26. The quantitative estimate of drug-likeness (QED) is 0.799. The molecule has 0 radical (unpaired) electrons. The first kappa shape index (κ1) is 15.8. The lowest BCUT2D eigenvalue weighted by atomic mass is 10.2. The molecule has 5 nitrogen and oxygen atoms in total. The zero-order valence-corrected chi connectivity index (χ0v) is 12.7. The van der Waals surface area contributed by atoms with Gasteiger partial charge in [-0.2, -0.15) is 0 Å². The topological polar surface area (TPSA) is 72.6 Å². The lowest BCUT2D eigenvalue weighted by molar-refractivity contribution is 0.219. The van der Waals surface area contributed by atoms with Gasteiger partial charge in [-0.25, -0.2) is 8.42 Å². The number of hydrogen-bond acceptors (Lipinski definition) is 5. The Hall–Kier alpha value is -1.55. The van der Waals surface area contributed by atoms with Crippen LogP contribution in [0.4, 0.5) is 0 Å². The van der Waals surface area contributed by atoms with E-state index in [1.54, 1.807) is 0 Å². The number of benzene rings is 1. The zero-order valence-electron chi connectivity index (χ0n) is 11.9. The first-order chi connectivity index (χ1) is 10.1. The van der Waals surface area contributed by atoms with Gasteiger partial charge >= 0.3 is 0 Å². The van der Waals surface area contributed by atoms with Crippen molar-refractivity contribution in [3.8, 4) is 17.6 Å². The van der Waals surface area contributed by atoms with Gasteiger partial charge in [0.2, 0.25) is 0 Å². The van der Waals surface area contributed by atoms with E-state index in [0.717, 1.165) is 17.9 Å². The minimum atomic E-state index is -2.82. The highest BCUT2D eigenvalue weighted by Gasteiger charge is 2.20. The van der Waals surface area contributed by atoms with Gasteiger partial charge in [-0.05, 0) is 18.2 Å². The Balaban J connectivity index is 1.79. The highest BCUT2D eigenvalue weighted by Crippen LogP contribution is 2.12. The number of ether oxygens (including phenoxy) is 1. The van der Waals surface area contributed by atoms with Gasteiger partial charge < -0.3 is 10.5 Å². The Morgan fingerprint density at radius 2 is 2.05 bits per heavy atom. The average molecular weight is 308 g/mol. The molecule has 2 N–H and O–H groups in total. The Morgan fingerprint density at radius 3 is 2.76 bits per heavy atom. The SMILES string of the molecule is NCC#Cc1cccc(OCCN2CCS(=O)(=O)CC2)c1. The van der Waals surface area contributed by atoms with Crippen molar-refractivity contribution in [1.82, 2.24) is 4.90 Å². The highest BCUT2D eigenvalue weighted by atomic mass is 32.2. The van der Waals surface area contributed by atoms with E-state index in [2.05, 4.69) is 16.7 Å². The van der Waals surface area contributed by atoms with Crippen LogP contribution in [-0.2, 0) is 9.84 Å². The maximum atomic E-state index is 11.3. The molecule has 0 bridgehead atoms. The van der Waals surface area contributed by atoms with Crippen LogP contribution in [0.1, 0.15) is 5.56 Å². The summed E-state index contributed by atoms with van der Waals surface area (Å²) in [4.78, 5) is 2.11. The summed E-state index contributed by atoms with van der Waals surface area (Å²) in [5, 5.41) is 0. The van der Waals surface area contributed by atoms with Crippen LogP contribution in [0, 0.1) is 11.8 Å². The van der Waals surface area contributed by atoms with E-state index in [-0.39, 0.29) is 11.5 Å². The molecule has 0 atom stereocenters. The van der Waals surface area contributed by atoms with Crippen LogP contribution < -0.4 is 10.5 Å². The van der Waals surface area contributed by atoms with E-state index in [4.69, 9.17) is 10.5 Å². The van der Waals surface area contributed by atoms with E-state index in [0.29, 0.717) is 26.2 Å². The summed E-state index contributed by atoms with van der Waals surface area (Å²) in [5.74, 6) is 7.03. The molecule has 0 aromatic heterocycles. The molecule has 1 aliphatic rings. The van der Waals surface area contributed by atoms with E-state index in [9.17, 15) is 8.42 Å². The summed E-state index contributed by atoms with van der Waals surface area (Å²) in [5.41, 5.74) is 6.22. The molecule has 0 saturated carbocycles. The van der Waals surface area contributed by atoms with Crippen molar-refractivity contribution in [3.05, 3.63) is 29.8 Å². The van der Waals surface area contributed by atoms with Crippen molar-refractivity contribution in [2.24, 2.45) is 5.73 Å². The fourth-order valence-corrected chi connectivity index (χ4v) is 3.36. The Bertz CT molecular complexity index is 618. The number of sulfone groups is 1. The second kappa shape index (κ2) is 7.46. The van der Waals surface area contributed by atoms with E-state index < -0.39 is 9.84 Å². The summed E-state index contributed by atoms with van der Waals surface area (Å²) in [6, 6.07) is 7.56. The van der Waals surface area contributed by atoms with Gasteiger partial charge in [-0.15, -0.1) is 0 Å². The van der Waals surface area contributed by atoms with Crippen LogP contribution in [0.5, 0.6) is 5.75 Å². The van der Waals surface area contributed by atoms with Crippen molar-refractivity contribution < 1.29 is 13.2 Å². The minimum Gasteiger partial charge on any atom is -0.492 e. The van der Waals surface area contributed by atoms with Crippen molar-refractivity contribution in [2.75, 3.05) is 44.3 Å². The molecular formula is C15H20N2O3S. The largest absolute Gasteiger partial charge is 0.492 e. The number of nitrogens with zero attached hydrogens (tertiary/aromatic N) is 1. The van der Waals surface area contributed by atoms with E-state index >= 15 is 0 Å². The van der Waals surface area contributed by atoms with Crippen LogP contribution in [0.25, 0.3) is 0 Å². The van der Waals surface area contributed by atoms with Gasteiger partial charge in [0.25, 0.3) is 0 Å². The highest BCUT2D eigenvalue weighted by molar-refractivity contribution is 7.91. The van der Waals surface area contributed by atoms with Crippen molar-refractivity contribution in [2.45, 2.75) is 0 Å². The summed E-state index contributed by atoms with van der Waals surface area (Å²) >= 11 is 0. The van der Waals surface area contributed by atoms with Crippen LogP contribution in [-0.4, -0.2) is 57.6 Å². The van der Waals surface area contributed by atoms with Crippen LogP contribution in [0.3, 0.4) is 0 Å². The molecule has 21 heavy (non-hydrogen) atoms. The Labute approximate surface area is 126 Å². The van der Waals surface area contributed by atoms with Crippen LogP contribution in [0.2, 0.25) is 0 Å². The monoisotopic (exact) mass is 308 g/mol. The molecule has 0 unspecified atom stereocenters. The van der Waals surface area contributed by atoms with Gasteiger partial charge in [0.15, 0.2) is 9.84 Å². The standard InChI is InChI=1S/C15H20N2O3S/c16-6-2-4-14-3-1-5-15(13-14)20-10-7-17-8-11-21(18,19)12-9-17/h1,3,5,13H,6-12,16H2. The normalized spacial score (nSPS) is 17.8. The molecule has 1 fully saturated rings. The summed E-state index contributed by atoms with van der Waals surface area (Å²) in [7, 11) is -2.82. The Kier molecular flexibility index (Phi) is 5.62. The molecule has 1 aromatic carbocycles. The molecule has 1 saturated heterocycles. The summed E-state index contributed by atoms with van der Waals surface area (Å²) in [6.45, 7) is 2.78. The molecular weight excluding hydrogens is 288 g/mol. The van der Waals surface area contributed by atoms with Gasteiger partial charge in [-0.3, -0.25) is 4.90 Å². The van der Waals surface area contributed by atoms with Crippen molar-refractivity contribution in [3.63, 3.8) is 0 Å². The molecule has 1 aromatic rings. The molecule has 0 amide bonds. The summed E-state index contributed by atoms with van der Waals surface area (Å²) in [6.07, 6.45) is 0. The van der Waals surface area contributed by atoms with E-state index in [1.807, 2.05) is 24.3 Å². The van der Waals surface area contributed by atoms with Gasteiger partial charge in [0.05, 0.1) is 18.1 Å². The maximum Gasteiger partial charge on any atom is 0.152 e. The molecule has 2 rings (SSSR count). The third-order valence-corrected chi connectivity index (χ3v) is 4.89. The Morgan fingerprint density at radius 1 is 1.29 bits per heavy atom. The van der Waals surface area contributed by atoms with Crippen molar-refractivity contribution in [1.29, 1.82) is 0 Å². The second-order valence-electron chi connectivity index (χ2n) is 4.88. The maximum absolute atomic E-state index is 11.3. The number of rotatable bonds is 4. The number of hydrogen-bond donors (Lipinski definition) is 1. The average Bonchev–Trinajstić information content (AvgIpc) is 2.47. The fraction of sp³-hybridized carbons (Fsp3) is 0.467. The predicted octanol–water partition coefficient (Wildman–Crippen LogP) is 0.106. The molecule has 0 aliphatic carbocycles. The molecule has 1 aliphatic heterocycles.